The molecule has 0 saturated heterocycles. The molecule has 44 heavy (non-hydrogen) atoms. The first kappa shape index (κ1) is 23.6. The van der Waals surface area contributed by atoms with Crippen LogP contribution in [0.2, 0.25) is 0 Å². The van der Waals surface area contributed by atoms with Crippen molar-refractivity contribution in [1.29, 1.82) is 0 Å². The lowest BCUT2D eigenvalue weighted by Crippen LogP contribution is -2.03. The van der Waals surface area contributed by atoms with E-state index in [4.69, 9.17) is 14.4 Å². The Kier molecular flexibility index (Phi) is 4.69. The van der Waals surface area contributed by atoms with Crippen LogP contribution in [0.3, 0.4) is 0 Å². The summed E-state index contributed by atoms with van der Waals surface area (Å²) in [4.78, 5) is 10.6. The van der Waals surface area contributed by atoms with Gasteiger partial charge in [-0.05, 0) is 62.6 Å². The monoisotopic (exact) mass is 561 g/mol. The van der Waals surface area contributed by atoms with Gasteiger partial charge in [0.1, 0.15) is 16.8 Å². The van der Waals surface area contributed by atoms with Crippen LogP contribution in [-0.4, -0.2) is 14.5 Å². The standard InChI is InChI=1S/C40H23N3O/c1-2-12-27-23-28(18-17-24(27)9-1)37-39-38(31-15-7-8-16-34(31)44-39)42-40(41-37)43-32-21-19-25-10-3-5-13-29(25)35(32)36-30-14-6-4-11-26(30)20-22-33(36)43/h1-23H. The van der Waals surface area contributed by atoms with Crippen LogP contribution >= 0.6 is 0 Å². The molecule has 0 aliphatic heterocycles. The second kappa shape index (κ2) is 8.76. The highest BCUT2D eigenvalue weighted by Crippen LogP contribution is 2.41. The minimum absolute atomic E-state index is 0.623. The lowest BCUT2D eigenvalue weighted by Gasteiger charge is -2.10. The average Bonchev–Trinajstić information content (AvgIpc) is 3.64. The number of fused-ring (bicyclic) bond motifs is 11. The number of aromatic nitrogens is 3. The van der Waals surface area contributed by atoms with Gasteiger partial charge >= 0.3 is 0 Å². The van der Waals surface area contributed by atoms with E-state index in [0.717, 1.165) is 44.2 Å². The first-order chi connectivity index (χ1) is 21.8. The largest absolute Gasteiger partial charge is 0.452 e. The molecule has 0 aliphatic carbocycles. The molecule has 4 heteroatoms. The summed E-state index contributed by atoms with van der Waals surface area (Å²) in [5.41, 5.74) is 6.23. The van der Waals surface area contributed by atoms with E-state index in [1.165, 1.54) is 37.7 Å². The second-order valence-electron chi connectivity index (χ2n) is 11.4. The number of furan rings is 1. The maximum absolute atomic E-state index is 6.48. The predicted molar refractivity (Wildman–Crippen MR) is 182 cm³/mol. The maximum Gasteiger partial charge on any atom is 0.236 e. The molecular weight excluding hydrogens is 538 g/mol. The summed E-state index contributed by atoms with van der Waals surface area (Å²) in [6, 6.07) is 49.1. The van der Waals surface area contributed by atoms with Gasteiger partial charge in [-0.25, -0.2) is 9.97 Å². The van der Waals surface area contributed by atoms with E-state index in [0.29, 0.717) is 11.5 Å². The van der Waals surface area contributed by atoms with Crippen LogP contribution in [0.15, 0.2) is 144 Å². The second-order valence-corrected chi connectivity index (χ2v) is 11.4. The van der Waals surface area contributed by atoms with Gasteiger partial charge in [0, 0.05) is 21.7 Å². The SMILES string of the molecule is c1ccc2cc(-c3nc(-n4c5ccc6ccccc6c5c5c6ccccc6ccc54)nc4c3oc3ccccc34)ccc2c1. The first-order valence-corrected chi connectivity index (χ1v) is 14.8. The number of benzene rings is 7. The van der Waals surface area contributed by atoms with Crippen molar-refractivity contribution in [1.82, 2.24) is 14.5 Å². The van der Waals surface area contributed by atoms with Gasteiger partial charge in [0.2, 0.25) is 5.95 Å². The molecule has 4 nitrogen and oxygen atoms in total. The van der Waals surface area contributed by atoms with Crippen molar-refractivity contribution in [2.75, 3.05) is 0 Å². The molecule has 3 heterocycles. The summed E-state index contributed by atoms with van der Waals surface area (Å²) in [6.45, 7) is 0. The van der Waals surface area contributed by atoms with Crippen LogP contribution in [0.25, 0.3) is 93.4 Å². The van der Waals surface area contributed by atoms with Gasteiger partial charge in [-0.2, -0.15) is 0 Å². The van der Waals surface area contributed by atoms with E-state index in [-0.39, 0.29) is 0 Å². The highest BCUT2D eigenvalue weighted by molar-refractivity contribution is 6.28. The smallest absolute Gasteiger partial charge is 0.236 e. The zero-order valence-electron chi connectivity index (χ0n) is 23.5. The average molecular weight is 562 g/mol. The molecule has 10 rings (SSSR count). The van der Waals surface area contributed by atoms with Crippen LogP contribution in [0.5, 0.6) is 0 Å². The van der Waals surface area contributed by atoms with Gasteiger partial charge in [-0.3, -0.25) is 4.57 Å². The Bertz CT molecular complexity index is 2690. The van der Waals surface area contributed by atoms with Crippen LogP contribution in [0, 0.1) is 0 Å². The minimum Gasteiger partial charge on any atom is -0.452 e. The molecule has 0 radical (unpaired) electrons. The fourth-order valence-electron chi connectivity index (χ4n) is 6.97. The van der Waals surface area contributed by atoms with Crippen LogP contribution < -0.4 is 0 Å². The molecule has 0 spiro atoms. The van der Waals surface area contributed by atoms with Gasteiger partial charge in [0.15, 0.2) is 5.58 Å². The van der Waals surface area contributed by atoms with Crippen molar-refractivity contribution in [3.63, 3.8) is 0 Å². The Hall–Kier alpha value is -6.00. The summed E-state index contributed by atoms with van der Waals surface area (Å²) < 4.78 is 8.71. The molecule has 0 aliphatic rings. The van der Waals surface area contributed by atoms with Crippen molar-refractivity contribution in [3.8, 4) is 17.2 Å². The fraction of sp³-hybridized carbons (Fsp3) is 0. The number of para-hydroxylation sites is 1. The Morgan fingerprint density at radius 2 is 1.05 bits per heavy atom. The molecule has 0 atom stereocenters. The third-order valence-electron chi connectivity index (χ3n) is 8.98. The Labute approximate surface area is 251 Å². The maximum atomic E-state index is 6.48. The lowest BCUT2D eigenvalue weighted by atomic mass is 10.00. The molecule has 0 unspecified atom stereocenters. The molecule has 0 saturated carbocycles. The lowest BCUT2D eigenvalue weighted by molar-refractivity contribution is 0.666. The Morgan fingerprint density at radius 3 is 1.75 bits per heavy atom. The third-order valence-corrected chi connectivity index (χ3v) is 8.98. The summed E-state index contributed by atoms with van der Waals surface area (Å²) >= 11 is 0. The van der Waals surface area contributed by atoms with Crippen LogP contribution in [0.1, 0.15) is 0 Å². The van der Waals surface area contributed by atoms with E-state index in [1.54, 1.807) is 0 Å². The summed E-state index contributed by atoms with van der Waals surface area (Å²) in [7, 11) is 0. The van der Waals surface area contributed by atoms with E-state index in [2.05, 4.69) is 126 Å². The normalized spacial score (nSPS) is 12.1. The number of rotatable bonds is 2. The van der Waals surface area contributed by atoms with Crippen molar-refractivity contribution >= 4 is 76.2 Å². The molecule has 3 aromatic heterocycles. The number of hydrogen-bond acceptors (Lipinski definition) is 3. The van der Waals surface area contributed by atoms with E-state index in [9.17, 15) is 0 Å². The fourth-order valence-corrected chi connectivity index (χ4v) is 6.97. The number of hydrogen-bond donors (Lipinski definition) is 0. The molecule has 204 valence electrons. The van der Waals surface area contributed by atoms with Crippen molar-refractivity contribution < 1.29 is 4.42 Å². The van der Waals surface area contributed by atoms with Gasteiger partial charge in [0.05, 0.1) is 11.0 Å². The Morgan fingerprint density at radius 1 is 0.477 bits per heavy atom. The summed E-state index contributed by atoms with van der Waals surface area (Å²) in [5, 5.41) is 10.6. The first-order valence-electron chi connectivity index (χ1n) is 14.8. The zero-order chi connectivity index (χ0) is 28.8. The number of nitrogens with zero attached hydrogens (tertiary/aromatic N) is 3. The summed E-state index contributed by atoms with van der Waals surface area (Å²) in [6.07, 6.45) is 0. The molecule has 10 aromatic rings. The van der Waals surface area contributed by atoms with Crippen LogP contribution in [-0.2, 0) is 0 Å². The molecule has 0 N–H and O–H groups in total. The quantitative estimate of drug-likeness (QED) is 0.211. The molecule has 0 fully saturated rings. The van der Waals surface area contributed by atoms with Gasteiger partial charge < -0.3 is 4.42 Å². The molecule has 0 amide bonds. The summed E-state index contributed by atoms with van der Waals surface area (Å²) in [5.74, 6) is 0.623. The topological polar surface area (TPSA) is 43.9 Å². The highest BCUT2D eigenvalue weighted by atomic mass is 16.3. The van der Waals surface area contributed by atoms with Gasteiger partial charge in [-0.15, -0.1) is 0 Å². The minimum atomic E-state index is 0.623. The molecular formula is C40H23N3O. The van der Waals surface area contributed by atoms with Gasteiger partial charge in [-0.1, -0.05) is 109 Å². The van der Waals surface area contributed by atoms with Crippen molar-refractivity contribution in [3.05, 3.63) is 140 Å². The third kappa shape index (κ3) is 3.22. The van der Waals surface area contributed by atoms with E-state index >= 15 is 0 Å². The zero-order valence-corrected chi connectivity index (χ0v) is 23.5. The molecule has 7 aromatic carbocycles. The van der Waals surface area contributed by atoms with E-state index in [1.807, 2.05) is 18.2 Å². The highest BCUT2D eigenvalue weighted by Gasteiger charge is 2.22. The van der Waals surface area contributed by atoms with Crippen LogP contribution in [0.4, 0.5) is 0 Å². The molecule has 0 bridgehead atoms. The van der Waals surface area contributed by atoms with E-state index < -0.39 is 0 Å². The predicted octanol–water partition coefficient (Wildman–Crippen LogP) is 10.6. The van der Waals surface area contributed by atoms with Crippen molar-refractivity contribution in [2.45, 2.75) is 0 Å². The van der Waals surface area contributed by atoms with Crippen molar-refractivity contribution in [2.24, 2.45) is 0 Å². The van der Waals surface area contributed by atoms with Gasteiger partial charge in [0.25, 0.3) is 0 Å². The Balaban J connectivity index is 1.39.